The van der Waals surface area contributed by atoms with Gasteiger partial charge >= 0.3 is 0 Å². The number of imidazole rings is 1. The van der Waals surface area contributed by atoms with Crippen molar-refractivity contribution in [2.75, 3.05) is 11.1 Å². The van der Waals surface area contributed by atoms with Crippen LogP contribution in [0.1, 0.15) is 52.8 Å². The van der Waals surface area contributed by atoms with E-state index in [1.165, 1.54) is 31.0 Å². The molecule has 0 spiro atoms. The molecule has 1 saturated carbocycles. The van der Waals surface area contributed by atoms with Crippen molar-refractivity contribution < 1.29 is 14.4 Å². The van der Waals surface area contributed by atoms with Crippen LogP contribution in [0, 0.1) is 5.92 Å². The molecule has 3 amide bonds. The largest absolute Gasteiger partial charge is 0.366 e. The monoisotopic (exact) mass is 477 g/mol. The minimum Gasteiger partial charge on any atom is -0.366 e. The molecule has 1 atom stereocenters. The summed E-state index contributed by atoms with van der Waals surface area (Å²) in [6.45, 7) is 0.735. The number of aromatic nitrogens is 2. The molecule has 1 aliphatic carbocycles. The number of thioether (sulfide) groups is 1. The minimum atomic E-state index is -0.700. The Morgan fingerprint density at radius 2 is 1.94 bits per heavy atom. The number of carbonyl (C=O) groups is 3. The lowest BCUT2D eigenvalue weighted by Gasteiger charge is -2.23. The maximum Gasteiger partial charge on any atom is 0.253 e. The summed E-state index contributed by atoms with van der Waals surface area (Å²) in [6.07, 6.45) is 5.95. The van der Waals surface area contributed by atoms with Gasteiger partial charge in [-0.3, -0.25) is 19.7 Å². The van der Waals surface area contributed by atoms with E-state index in [0.717, 1.165) is 29.8 Å². The van der Waals surface area contributed by atoms with Crippen molar-refractivity contribution in [1.29, 1.82) is 0 Å². The molecule has 1 fully saturated rings. The quantitative estimate of drug-likeness (QED) is 0.519. The summed E-state index contributed by atoms with van der Waals surface area (Å²) in [5, 5.41) is 5.80. The van der Waals surface area contributed by atoms with E-state index < -0.39 is 11.9 Å². The Hall–Kier alpha value is -3.33. The lowest BCUT2D eigenvalue weighted by atomic mass is 9.89. The van der Waals surface area contributed by atoms with Gasteiger partial charge in [0.25, 0.3) is 5.91 Å². The number of primary amides is 1. The number of benzene rings is 2. The van der Waals surface area contributed by atoms with E-state index in [9.17, 15) is 14.4 Å². The average Bonchev–Trinajstić information content (AvgIpc) is 3.07. The van der Waals surface area contributed by atoms with Crippen LogP contribution in [-0.2, 0) is 11.3 Å². The fourth-order valence-corrected chi connectivity index (χ4v) is 5.83. The third-order valence-corrected chi connectivity index (χ3v) is 7.76. The molecule has 2 aliphatic rings. The topological polar surface area (TPSA) is 119 Å². The average molecular weight is 478 g/mol. The Bertz CT molecular complexity index is 1260. The fraction of sp³-hybridized carbons (Fsp3) is 0.360. The van der Waals surface area contributed by atoms with Gasteiger partial charge < -0.3 is 15.6 Å². The van der Waals surface area contributed by atoms with Crippen LogP contribution < -0.4 is 16.4 Å². The van der Waals surface area contributed by atoms with E-state index in [1.54, 1.807) is 18.2 Å². The van der Waals surface area contributed by atoms with Crippen molar-refractivity contribution in [2.24, 2.45) is 11.7 Å². The molecule has 1 aromatic heterocycles. The number of hydrogen-bond donors (Lipinski definition) is 3. The van der Waals surface area contributed by atoms with Crippen LogP contribution in [0.25, 0.3) is 11.0 Å². The van der Waals surface area contributed by atoms with Gasteiger partial charge in [0.05, 0.1) is 16.6 Å². The van der Waals surface area contributed by atoms with Crippen LogP contribution in [-0.4, -0.2) is 39.1 Å². The molecule has 8 nitrogen and oxygen atoms in total. The van der Waals surface area contributed by atoms with Gasteiger partial charge in [-0.15, -0.1) is 11.8 Å². The predicted octanol–water partition coefficient (Wildman–Crippen LogP) is 3.56. The van der Waals surface area contributed by atoms with Crippen molar-refractivity contribution in [3.8, 4) is 0 Å². The molecule has 9 heteroatoms. The fourth-order valence-electron chi connectivity index (χ4n) is 4.76. The van der Waals surface area contributed by atoms with Gasteiger partial charge in [0.1, 0.15) is 6.04 Å². The third kappa shape index (κ3) is 4.52. The number of carbonyl (C=O) groups excluding carboxylic acids is 3. The molecular weight excluding hydrogens is 450 g/mol. The molecule has 2 heterocycles. The van der Waals surface area contributed by atoms with E-state index in [4.69, 9.17) is 5.73 Å². The lowest BCUT2D eigenvalue weighted by molar-refractivity contribution is -0.117. The summed E-state index contributed by atoms with van der Waals surface area (Å²) in [5.41, 5.74) is 7.85. The molecule has 34 heavy (non-hydrogen) atoms. The number of nitrogens with two attached hydrogens (primary N) is 1. The highest BCUT2D eigenvalue weighted by Gasteiger charge is 2.28. The maximum absolute atomic E-state index is 13.2. The Balaban J connectivity index is 1.42. The maximum atomic E-state index is 13.2. The van der Waals surface area contributed by atoms with E-state index >= 15 is 0 Å². The molecule has 2 aromatic carbocycles. The SMILES string of the molecule is NC(=O)c1ccc2c(c1)nc(NC(=O)[C@@H]1CSc3ccccc3C(=O)N1)n2CC1CCCCC1. The molecule has 0 saturated heterocycles. The van der Waals surface area contributed by atoms with Gasteiger partial charge in [-0.2, -0.15) is 0 Å². The van der Waals surface area contributed by atoms with Gasteiger partial charge in [0.2, 0.25) is 17.8 Å². The van der Waals surface area contributed by atoms with Gasteiger partial charge in [0.15, 0.2) is 0 Å². The number of amides is 3. The molecule has 1 aliphatic heterocycles. The summed E-state index contributed by atoms with van der Waals surface area (Å²) < 4.78 is 2.02. The molecule has 5 rings (SSSR count). The number of fused-ring (bicyclic) bond motifs is 2. The first-order valence-electron chi connectivity index (χ1n) is 11.6. The molecular formula is C25H27N5O3S. The van der Waals surface area contributed by atoms with E-state index in [0.29, 0.717) is 34.3 Å². The first kappa shape index (κ1) is 22.5. The van der Waals surface area contributed by atoms with Gasteiger partial charge in [0, 0.05) is 22.8 Å². The number of nitrogens with one attached hydrogen (secondary N) is 2. The molecule has 0 unspecified atom stereocenters. The summed E-state index contributed by atoms with van der Waals surface area (Å²) in [4.78, 5) is 43.1. The number of anilines is 1. The highest BCUT2D eigenvalue weighted by molar-refractivity contribution is 7.99. The van der Waals surface area contributed by atoms with E-state index in [2.05, 4.69) is 15.6 Å². The zero-order valence-electron chi connectivity index (χ0n) is 18.8. The number of hydrogen-bond acceptors (Lipinski definition) is 5. The first-order valence-corrected chi connectivity index (χ1v) is 12.6. The zero-order valence-corrected chi connectivity index (χ0v) is 19.6. The second-order valence-corrected chi connectivity index (χ2v) is 10.0. The van der Waals surface area contributed by atoms with Crippen molar-refractivity contribution in [3.63, 3.8) is 0 Å². The second-order valence-electron chi connectivity index (χ2n) is 8.94. The van der Waals surface area contributed by atoms with E-state index in [1.807, 2.05) is 28.8 Å². The van der Waals surface area contributed by atoms with Gasteiger partial charge in [-0.05, 0) is 49.1 Å². The minimum absolute atomic E-state index is 0.262. The molecule has 0 bridgehead atoms. The van der Waals surface area contributed by atoms with Crippen molar-refractivity contribution in [1.82, 2.24) is 14.9 Å². The number of nitrogens with zero attached hydrogens (tertiary/aromatic N) is 2. The van der Waals surface area contributed by atoms with Crippen molar-refractivity contribution in [2.45, 2.75) is 49.6 Å². The Morgan fingerprint density at radius 1 is 1.15 bits per heavy atom. The summed E-state index contributed by atoms with van der Waals surface area (Å²) in [5.74, 6) is 0.246. The smallest absolute Gasteiger partial charge is 0.253 e. The first-order chi connectivity index (χ1) is 16.5. The van der Waals surface area contributed by atoms with Crippen molar-refractivity contribution in [3.05, 3.63) is 53.6 Å². The summed E-state index contributed by atoms with van der Waals surface area (Å²) in [6, 6.07) is 11.8. The van der Waals surface area contributed by atoms with Crippen LogP contribution in [0.3, 0.4) is 0 Å². The highest BCUT2D eigenvalue weighted by atomic mass is 32.2. The zero-order chi connectivity index (χ0) is 23.7. The lowest BCUT2D eigenvalue weighted by Crippen LogP contribution is -2.44. The summed E-state index contributed by atoms with van der Waals surface area (Å²) >= 11 is 1.48. The van der Waals surface area contributed by atoms with Gasteiger partial charge in [-0.1, -0.05) is 31.4 Å². The second kappa shape index (κ2) is 9.50. The van der Waals surface area contributed by atoms with E-state index in [-0.39, 0.29) is 11.8 Å². The normalized spacial score (nSPS) is 18.7. The Labute approximate surface area is 201 Å². The third-order valence-electron chi connectivity index (χ3n) is 6.59. The van der Waals surface area contributed by atoms with Crippen LogP contribution in [0.4, 0.5) is 5.95 Å². The van der Waals surface area contributed by atoms with Crippen LogP contribution in [0.5, 0.6) is 0 Å². The van der Waals surface area contributed by atoms with Crippen molar-refractivity contribution >= 4 is 46.5 Å². The van der Waals surface area contributed by atoms with Crippen LogP contribution in [0.15, 0.2) is 47.4 Å². The molecule has 3 aromatic rings. The van der Waals surface area contributed by atoms with Crippen LogP contribution in [0.2, 0.25) is 0 Å². The summed E-state index contributed by atoms with van der Waals surface area (Å²) in [7, 11) is 0. The predicted molar refractivity (Wildman–Crippen MR) is 132 cm³/mol. The van der Waals surface area contributed by atoms with Gasteiger partial charge in [-0.25, -0.2) is 4.98 Å². The number of rotatable bonds is 5. The standard InChI is InChI=1S/C25H27N5O3S/c26-22(31)16-10-11-20-18(12-16)28-25(30(20)13-15-6-2-1-3-7-15)29-24(33)19-14-34-21-9-5-4-8-17(21)23(32)27-19/h4-5,8-12,15,19H,1-3,6-7,13-14H2,(H2,26,31)(H,27,32)(H,28,29,33)/t19-/m0/s1. The molecule has 4 N–H and O–H groups in total. The Morgan fingerprint density at radius 3 is 2.74 bits per heavy atom. The highest BCUT2D eigenvalue weighted by Crippen LogP contribution is 2.30. The molecule has 176 valence electrons. The van der Waals surface area contributed by atoms with Crippen LogP contribution >= 0.6 is 11.8 Å². The Kier molecular flexibility index (Phi) is 6.28. The molecule has 0 radical (unpaired) electrons.